The molecule has 0 radical (unpaired) electrons. The first-order valence-corrected chi connectivity index (χ1v) is 9.86. The summed E-state index contributed by atoms with van der Waals surface area (Å²) < 4.78 is 5.19. The summed E-state index contributed by atoms with van der Waals surface area (Å²) in [5, 5.41) is 4.84. The summed E-state index contributed by atoms with van der Waals surface area (Å²) >= 11 is 1.60. The van der Waals surface area contributed by atoms with Crippen molar-refractivity contribution in [2.24, 2.45) is 0 Å². The molecule has 2 atom stereocenters. The van der Waals surface area contributed by atoms with Gasteiger partial charge < -0.3 is 15.0 Å². The van der Waals surface area contributed by atoms with Crippen LogP contribution in [-0.4, -0.2) is 46.0 Å². The Bertz CT molecular complexity index is 931. The molecule has 7 heteroatoms. The fourth-order valence-electron chi connectivity index (χ4n) is 3.69. The van der Waals surface area contributed by atoms with Gasteiger partial charge in [-0.2, -0.15) is 0 Å². The van der Waals surface area contributed by atoms with Gasteiger partial charge in [0.2, 0.25) is 5.91 Å². The third kappa shape index (κ3) is 3.39. The van der Waals surface area contributed by atoms with Gasteiger partial charge in [-0.05, 0) is 36.2 Å². The van der Waals surface area contributed by atoms with Crippen molar-refractivity contribution < 1.29 is 19.1 Å². The van der Waals surface area contributed by atoms with Crippen molar-refractivity contribution in [3.63, 3.8) is 0 Å². The molecule has 6 nitrogen and oxygen atoms in total. The molecule has 0 bridgehead atoms. The summed E-state index contributed by atoms with van der Waals surface area (Å²) in [6, 6.07) is 12.8. The first kappa shape index (κ1) is 17.9. The van der Waals surface area contributed by atoms with Gasteiger partial charge in [0.25, 0.3) is 5.91 Å². The number of carbonyl (C=O) groups is 3. The van der Waals surface area contributed by atoms with E-state index in [9.17, 15) is 14.4 Å². The molecule has 1 N–H and O–H groups in total. The summed E-state index contributed by atoms with van der Waals surface area (Å²) in [4.78, 5) is 37.9. The maximum Gasteiger partial charge on any atom is 0.330 e. The number of hydrogen-bond donors (Lipinski definition) is 1. The molecule has 0 unspecified atom stereocenters. The number of nitrogens with zero attached hydrogens (tertiary/aromatic N) is 1. The lowest BCUT2D eigenvalue weighted by atomic mass is 10.1. The standard InChI is InChI=1S/C20H20N2O4S/c1-20-9-8-18(24)22(20)16(12-27-20)19(25)26-11-17(23)21-15-7-6-13-4-2-3-5-14(13)10-15/h2-7,10,16H,8-9,11-12H2,1H3,(H,21,23)/t16-,20-/m1/s1. The lowest BCUT2D eigenvalue weighted by Crippen LogP contribution is -2.47. The van der Waals surface area contributed by atoms with Gasteiger partial charge in [-0.15, -0.1) is 11.8 Å². The van der Waals surface area contributed by atoms with E-state index < -0.39 is 17.9 Å². The van der Waals surface area contributed by atoms with Gasteiger partial charge in [0.1, 0.15) is 6.04 Å². The second kappa shape index (κ2) is 6.88. The average Bonchev–Trinajstić information content (AvgIpc) is 3.16. The Morgan fingerprint density at radius 3 is 2.85 bits per heavy atom. The number of anilines is 1. The highest BCUT2D eigenvalue weighted by Gasteiger charge is 2.53. The molecule has 2 aliphatic rings. The van der Waals surface area contributed by atoms with Gasteiger partial charge in [-0.1, -0.05) is 30.3 Å². The van der Waals surface area contributed by atoms with Crippen LogP contribution in [0.15, 0.2) is 42.5 Å². The predicted molar refractivity (Wildman–Crippen MR) is 104 cm³/mol. The van der Waals surface area contributed by atoms with Crippen molar-refractivity contribution >= 4 is 46.0 Å². The highest BCUT2D eigenvalue weighted by Crippen LogP contribution is 2.47. The van der Waals surface area contributed by atoms with Gasteiger partial charge in [0.05, 0.1) is 4.87 Å². The van der Waals surface area contributed by atoms with E-state index in [4.69, 9.17) is 4.74 Å². The normalized spacial score (nSPS) is 24.1. The van der Waals surface area contributed by atoms with Gasteiger partial charge in [0, 0.05) is 17.9 Å². The van der Waals surface area contributed by atoms with E-state index in [-0.39, 0.29) is 17.4 Å². The zero-order valence-corrected chi connectivity index (χ0v) is 15.8. The molecule has 2 aromatic rings. The fourth-order valence-corrected chi connectivity index (χ4v) is 5.11. The number of thioether (sulfide) groups is 1. The molecule has 2 amide bonds. The monoisotopic (exact) mass is 384 g/mol. The van der Waals surface area contributed by atoms with E-state index in [0.29, 0.717) is 17.9 Å². The van der Waals surface area contributed by atoms with Crippen LogP contribution < -0.4 is 5.32 Å². The Morgan fingerprint density at radius 1 is 1.26 bits per heavy atom. The lowest BCUT2D eigenvalue weighted by Gasteiger charge is -2.29. The number of carbonyl (C=O) groups excluding carboxylic acids is 3. The highest BCUT2D eigenvalue weighted by atomic mass is 32.2. The minimum atomic E-state index is -0.608. The van der Waals surface area contributed by atoms with Crippen LogP contribution >= 0.6 is 11.8 Å². The minimum absolute atomic E-state index is 0.0231. The molecule has 2 saturated heterocycles. The number of ether oxygens (including phenoxy) is 1. The average molecular weight is 384 g/mol. The molecule has 2 fully saturated rings. The van der Waals surface area contributed by atoms with Crippen LogP contribution in [0.1, 0.15) is 19.8 Å². The Balaban J connectivity index is 1.35. The second-order valence-electron chi connectivity index (χ2n) is 6.98. The summed E-state index contributed by atoms with van der Waals surface area (Å²) in [6.45, 7) is 1.61. The third-order valence-corrected chi connectivity index (χ3v) is 6.60. The van der Waals surface area contributed by atoms with Crippen LogP contribution in [0.4, 0.5) is 5.69 Å². The second-order valence-corrected chi connectivity index (χ2v) is 8.48. The summed E-state index contributed by atoms with van der Waals surface area (Å²) in [7, 11) is 0. The molecule has 4 rings (SSSR count). The van der Waals surface area contributed by atoms with Crippen molar-refractivity contribution in [1.82, 2.24) is 4.90 Å². The molecule has 0 aliphatic carbocycles. The number of fused-ring (bicyclic) bond motifs is 2. The van der Waals surface area contributed by atoms with Gasteiger partial charge in [-0.25, -0.2) is 4.79 Å². The van der Waals surface area contributed by atoms with E-state index in [0.717, 1.165) is 17.2 Å². The predicted octanol–water partition coefficient (Wildman–Crippen LogP) is 2.78. The highest BCUT2D eigenvalue weighted by molar-refractivity contribution is 8.01. The summed E-state index contributed by atoms with van der Waals surface area (Å²) in [5.41, 5.74) is 0.647. The molecule has 27 heavy (non-hydrogen) atoms. The zero-order chi connectivity index (χ0) is 19.0. The fraction of sp³-hybridized carbons (Fsp3) is 0.350. The van der Waals surface area contributed by atoms with Crippen LogP contribution in [0.25, 0.3) is 10.8 Å². The first-order valence-electron chi connectivity index (χ1n) is 8.88. The Morgan fingerprint density at radius 2 is 2.04 bits per heavy atom. The van der Waals surface area contributed by atoms with Crippen molar-refractivity contribution in [3.05, 3.63) is 42.5 Å². The van der Waals surface area contributed by atoms with Crippen LogP contribution in [0, 0.1) is 0 Å². The molecule has 2 heterocycles. The molecule has 0 saturated carbocycles. The molecule has 2 aliphatic heterocycles. The van der Waals surface area contributed by atoms with Crippen molar-refractivity contribution in [2.45, 2.75) is 30.7 Å². The first-order chi connectivity index (χ1) is 13.0. The zero-order valence-electron chi connectivity index (χ0n) is 14.9. The Hall–Kier alpha value is -2.54. The smallest absolute Gasteiger partial charge is 0.330 e. The SMILES string of the molecule is C[C@@]12CCC(=O)N1[C@@H](C(=O)OCC(=O)Nc1ccc3ccccc3c1)CS2. The van der Waals surface area contributed by atoms with Gasteiger partial charge >= 0.3 is 5.97 Å². The third-order valence-electron chi connectivity index (χ3n) is 5.10. The summed E-state index contributed by atoms with van der Waals surface area (Å²) in [5.74, 6) is -0.437. The van der Waals surface area contributed by atoms with Crippen molar-refractivity contribution in [2.75, 3.05) is 17.7 Å². The molecule has 2 aromatic carbocycles. The summed E-state index contributed by atoms with van der Waals surface area (Å²) in [6.07, 6.45) is 1.19. The number of nitrogens with one attached hydrogen (secondary N) is 1. The van der Waals surface area contributed by atoms with E-state index in [2.05, 4.69) is 5.32 Å². The van der Waals surface area contributed by atoms with Crippen LogP contribution in [0.3, 0.4) is 0 Å². The topological polar surface area (TPSA) is 75.7 Å². The van der Waals surface area contributed by atoms with Crippen LogP contribution in [-0.2, 0) is 19.1 Å². The maximum atomic E-state index is 12.4. The quantitative estimate of drug-likeness (QED) is 0.821. The number of amides is 2. The lowest BCUT2D eigenvalue weighted by molar-refractivity contribution is -0.155. The van der Waals surface area contributed by atoms with E-state index >= 15 is 0 Å². The molecular weight excluding hydrogens is 364 g/mol. The molecular formula is C20H20N2O4S. The molecule has 140 valence electrons. The minimum Gasteiger partial charge on any atom is -0.454 e. The maximum absolute atomic E-state index is 12.4. The number of esters is 1. The van der Waals surface area contributed by atoms with Crippen LogP contribution in [0.2, 0.25) is 0 Å². The van der Waals surface area contributed by atoms with Gasteiger partial charge in [0.15, 0.2) is 6.61 Å². The van der Waals surface area contributed by atoms with Crippen molar-refractivity contribution in [3.8, 4) is 0 Å². The van der Waals surface area contributed by atoms with Crippen molar-refractivity contribution in [1.29, 1.82) is 0 Å². The van der Waals surface area contributed by atoms with E-state index in [1.54, 1.807) is 16.7 Å². The van der Waals surface area contributed by atoms with Crippen LogP contribution in [0.5, 0.6) is 0 Å². The Kier molecular flexibility index (Phi) is 4.55. The number of rotatable bonds is 4. The largest absolute Gasteiger partial charge is 0.454 e. The molecule has 0 aromatic heterocycles. The van der Waals surface area contributed by atoms with Gasteiger partial charge in [-0.3, -0.25) is 9.59 Å². The number of benzene rings is 2. The van der Waals surface area contributed by atoms with E-state index in [1.807, 2.05) is 49.4 Å². The molecule has 0 spiro atoms. The van der Waals surface area contributed by atoms with E-state index in [1.165, 1.54) is 0 Å². The Labute approximate surface area is 161 Å². The number of hydrogen-bond acceptors (Lipinski definition) is 5.